The van der Waals surface area contributed by atoms with Gasteiger partial charge in [0.05, 0.1) is 5.56 Å². The molecule has 1 aromatic rings. The number of anilines is 1. The van der Waals surface area contributed by atoms with Crippen LogP contribution >= 0.6 is 0 Å². The Bertz CT molecular complexity index is 379. The van der Waals surface area contributed by atoms with Crippen LogP contribution in [0.2, 0.25) is 0 Å². The number of nitrogens with zero attached hydrogens (tertiary/aromatic N) is 1. The second-order valence-electron chi connectivity index (χ2n) is 4.31. The van der Waals surface area contributed by atoms with Crippen LogP contribution < -0.4 is 16.0 Å². The van der Waals surface area contributed by atoms with Crippen molar-refractivity contribution in [1.82, 2.24) is 15.6 Å². The molecule has 1 amide bonds. The lowest BCUT2D eigenvalue weighted by Gasteiger charge is -2.13. The molecule has 0 bridgehead atoms. The van der Waals surface area contributed by atoms with E-state index in [4.69, 9.17) is 0 Å². The van der Waals surface area contributed by atoms with Gasteiger partial charge in [0.15, 0.2) is 0 Å². The maximum Gasteiger partial charge on any atom is 0.255 e. The summed E-state index contributed by atoms with van der Waals surface area (Å²) >= 11 is 0. The van der Waals surface area contributed by atoms with Gasteiger partial charge in [0.1, 0.15) is 5.82 Å². The third-order valence-corrected chi connectivity index (χ3v) is 2.32. The van der Waals surface area contributed by atoms with Crippen molar-refractivity contribution in [1.29, 1.82) is 0 Å². The predicted molar refractivity (Wildman–Crippen MR) is 73.9 cm³/mol. The Hall–Kier alpha value is -1.62. The molecule has 3 N–H and O–H groups in total. The Morgan fingerprint density at radius 3 is 2.83 bits per heavy atom. The third kappa shape index (κ3) is 4.71. The van der Waals surface area contributed by atoms with Crippen molar-refractivity contribution in [2.75, 3.05) is 25.0 Å². The molecule has 100 valence electrons. The summed E-state index contributed by atoms with van der Waals surface area (Å²) in [6, 6.07) is 3.79. The van der Waals surface area contributed by atoms with Crippen molar-refractivity contribution in [2.45, 2.75) is 26.8 Å². The first kappa shape index (κ1) is 14.4. The van der Waals surface area contributed by atoms with Gasteiger partial charge < -0.3 is 16.0 Å². The molecule has 1 rings (SSSR count). The summed E-state index contributed by atoms with van der Waals surface area (Å²) < 4.78 is 0. The van der Waals surface area contributed by atoms with Crippen LogP contribution in [0.5, 0.6) is 0 Å². The Morgan fingerprint density at radius 1 is 1.39 bits per heavy atom. The van der Waals surface area contributed by atoms with E-state index in [9.17, 15) is 4.79 Å². The first-order valence-corrected chi connectivity index (χ1v) is 6.35. The number of pyridine rings is 1. The largest absolute Gasteiger partial charge is 0.367 e. The van der Waals surface area contributed by atoms with Crippen LogP contribution in [0.15, 0.2) is 18.3 Å². The van der Waals surface area contributed by atoms with Crippen LogP contribution in [0.3, 0.4) is 0 Å². The number of carbonyl (C=O) groups is 1. The lowest BCUT2D eigenvalue weighted by atomic mass is 10.2. The quantitative estimate of drug-likeness (QED) is 0.637. The standard InChI is InChI=1S/C13H22N4O/c1-4-14-8-9-16-13(18)11-6-5-7-15-12(11)17-10(2)3/h5-7,10,14H,4,8-9H2,1-3H3,(H,15,17)(H,16,18). The Kier molecular flexibility index (Phi) is 6.14. The zero-order valence-corrected chi connectivity index (χ0v) is 11.3. The van der Waals surface area contributed by atoms with Crippen molar-refractivity contribution in [3.63, 3.8) is 0 Å². The number of nitrogens with one attached hydrogen (secondary N) is 3. The lowest BCUT2D eigenvalue weighted by Crippen LogP contribution is -2.32. The normalized spacial score (nSPS) is 10.4. The smallest absolute Gasteiger partial charge is 0.255 e. The molecule has 5 nitrogen and oxygen atoms in total. The average Bonchev–Trinajstić information content (AvgIpc) is 2.34. The molecule has 1 aromatic heterocycles. The SMILES string of the molecule is CCNCCNC(=O)c1cccnc1NC(C)C. The highest BCUT2D eigenvalue weighted by molar-refractivity contribution is 5.98. The minimum absolute atomic E-state index is 0.0934. The summed E-state index contributed by atoms with van der Waals surface area (Å²) in [6.07, 6.45) is 1.68. The monoisotopic (exact) mass is 250 g/mol. The van der Waals surface area contributed by atoms with Gasteiger partial charge in [-0.15, -0.1) is 0 Å². The van der Waals surface area contributed by atoms with Gasteiger partial charge in [-0.2, -0.15) is 0 Å². The lowest BCUT2D eigenvalue weighted by molar-refractivity contribution is 0.0954. The van der Waals surface area contributed by atoms with E-state index in [1.54, 1.807) is 18.3 Å². The molecule has 0 saturated heterocycles. The highest BCUT2D eigenvalue weighted by Gasteiger charge is 2.11. The molecule has 0 unspecified atom stereocenters. The summed E-state index contributed by atoms with van der Waals surface area (Å²) in [4.78, 5) is 16.2. The molecule has 0 fully saturated rings. The molecule has 1 heterocycles. The van der Waals surface area contributed by atoms with Gasteiger partial charge in [0, 0.05) is 25.3 Å². The number of amides is 1. The van der Waals surface area contributed by atoms with E-state index in [2.05, 4.69) is 20.9 Å². The second kappa shape index (κ2) is 7.66. The summed E-state index contributed by atoms with van der Waals surface area (Å²) in [5.74, 6) is 0.539. The van der Waals surface area contributed by atoms with Crippen LogP contribution in [0.4, 0.5) is 5.82 Å². The highest BCUT2D eigenvalue weighted by Crippen LogP contribution is 2.12. The molecule has 0 radical (unpaired) electrons. The summed E-state index contributed by atoms with van der Waals surface area (Å²) in [5, 5.41) is 9.19. The molecule has 0 aliphatic carbocycles. The van der Waals surface area contributed by atoms with Gasteiger partial charge in [-0.1, -0.05) is 6.92 Å². The van der Waals surface area contributed by atoms with E-state index < -0.39 is 0 Å². The van der Waals surface area contributed by atoms with Gasteiger partial charge in [-0.25, -0.2) is 4.98 Å². The number of likely N-dealkylation sites (N-methyl/N-ethyl adjacent to an activating group) is 1. The zero-order chi connectivity index (χ0) is 13.4. The highest BCUT2D eigenvalue weighted by atomic mass is 16.1. The van der Waals surface area contributed by atoms with Crippen LogP contribution in [-0.2, 0) is 0 Å². The average molecular weight is 250 g/mol. The fraction of sp³-hybridized carbons (Fsp3) is 0.538. The fourth-order valence-electron chi connectivity index (χ4n) is 1.51. The Labute approximate surface area is 108 Å². The summed E-state index contributed by atoms with van der Waals surface area (Å²) in [5.41, 5.74) is 0.586. The molecule has 0 aliphatic rings. The number of rotatable bonds is 7. The van der Waals surface area contributed by atoms with Gasteiger partial charge in [-0.3, -0.25) is 4.79 Å². The molecule has 18 heavy (non-hydrogen) atoms. The Morgan fingerprint density at radius 2 is 2.17 bits per heavy atom. The minimum atomic E-state index is -0.0934. The van der Waals surface area contributed by atoms with Gasteiger partial charge in [0.2, 0.25) is 0 Å². The van der Waals surface area contributed by atoms with Crippen LogP contribution in [-0.4, -0.2) is 36.6 Å². The minimum Gasteiger partial charge on any atom is -0.367 e. The number of hydrogen-bond acceptors (Lipinski definition) is 4. The first-order chi connectivity index (χ1) is 8.65. The maximum atomic E-state index is 12.0. The number of aromatic nitrogens is 1. The van der Waals surface area contributed by atoms with Gasteiger partial charge in [0.25, 0.3) is 5.91 Å². The maximum absolute atomic E-state index is 12.0. The molecule has 0 saturated carbocycles. The van der Waals surface area contributed by atoms with Crippen LogP contribution in [0.1, 0.15) is 31.1 Å². The topological polar surface area (TPSA) is 66.0 Å². The van der Waals surface area contributed by atoms with Gasteiger partial charge >= 0.3 is 0 Å². The molecule has 0 spiro atoms. The molecule has 0 aromatic carbocycles. The van der Waals surface area contributed by atoms with Crippen molar-refractivity contribution in [3.8, 4) is 0 Å². The van der Waals surface area contributed by atoms with Crippen molar-refractivity contribution < 1.29 is 4.79 Å². The summed E-state index contributed by atoms with van der Waals surface area (Å²) in [6.45, 7) is 8.36. The van der Waals surface area contributed by atoms with Crippen molar-refractivity contribution >= 4 is 11.7 Å². The second-order valence-corrected chi connectivity index (χ2v) is 4.31. The molecular weight excluding hydrogens is 228 g/mol. The van der Waals surface area contributed by atoms with E-state index in [0.29, 0.717) is 17.9 Å². The van der Waals surface area contributed by atoms with E-state index in [0.717, 1.165) is 13.1 Å². The Balaban J connectivity index is 2.61. The van der Waals surface area contributed by atoms with E-state index in [1.807, 2.05) is 20.8 Å². The zero-order valence-electron chi connectivity index (χ0n) is 11.3. The predicted octanol–water partition coefficient (Wildman–Crippen LogP) is 1.24. The third-order valence-electron chi connectivity index (χ3n) is 2.32. The molecule has 5 heteroatoms. The van der Waals surface area contributed by atoms with Crippen molar-refractivity contribution in [3.05, 3.63) is 23.9 Å². The molecule has 0 aliphatic heterocycles. The molecular formula is C13H22N4O. The first-order valence-electron chi connectivity index (χ1n) is 6.35. The van der Waals surface area contributed by atoms with Gasteiger partial charge in [-0.05, 0) is 32.5 Å². The molecule has 0 atom stereocenters. The number of carbonyl (C=O) groups excluding carboxylic acids is 1. The fourth-order valence-corrected chi connectivity index (χ4v) is 1.51. The van der Waals surface area contributed by atoms with Crippen molar-refractivity contribution in [2.24, 2.45) is 0 Å². The van der Waals surface area contributed by atoms with Crippen LogP contribution in [0.25, 0.3) is 0 Å². The summed E-state index contributed by atoms with van der Waals surface area (Å²) in [7, 11) is 0. The van der Waals surface area contributed by atoms with E-state index >= 15 is 0 Å². The number of hydrogen-bond donors (Lipinski definition) is 3. The van der Waals surface area contributed by atoms with E-state index in [1.165, 1.54) is 0 Å². The van der Waals surface area contributed by atoms with Crippen LogP contribution in [0, 0.1) is 0 Å². The van der Waals surface area contributed by atoms with E-state index in [-0.39, 0.29) is 11.9 Å².